The van der Waals surface area contributed by atoms with Crippen LogP contribution in [-0.4, -0.2) is 41.5 Å². The van der Waals surface area contributed by atoms with Gasteiger partial charge in [0.05, 0.1) is 6.42 Å². The fourth-order valence-corrected chi connectivity index (χ4v) is 2.93. The monoisotopic (exact) mass is 341 g/mol. The summed E-state index contributed by atoms with van der Waals surface area (Å²) in [6, 6.07) is 12.3. The average molecular weight is 341 g/mol. The number of amides is 1. The molecule has 1 aliphatic heterocycles. The fraction of sp³-hybridized carbons (Fsp3) is 0.421. The van der Waals surface area contributed by atoms with Crippen LogP contribution in [0.5, 0.6) is 0 Å². The van der Waals surface area contributed by atoms with Crippen molar-refractivity contribution in [2.75, 3.05) is 19.6 Å². The Balaban J connectivity index is 1.82. The number of nitriles is 1. The summed E-state index contributed by atoms with van der Waals surface area (Å²) in [4.78, 5) is 24.4. The molecule has 0 spiro atoms. The number of benzene rings is 1. The molecule has 0 radical (unpaired) electrons. The highest BCUT2D eigenvalue weighted by molar-refractivity contribution is 5.97. The number of hydrogen-bond donors (Lipinski definition) is 2. The second-order valence-corrected chi connectivity index (χ2v) is 6.22. The Kier molecular flexibility index (Phi) is 7.02. The minimum absolute atomic E-state index is 0.0202. The number of likely N-dealkylation sites (tertiary alicyclic amines) is 1. The largest absolute Gasteiger partial charge is 0.481 e. The maximum Gasteiger partial charge on any atom is 0.305 e. The molecule has 2 N–H and O–H groups in total. The maximum atomic E-state index is 11.9. The summed E-state index contributed by atoms with van der Waals surface area (Å²) in [5.74, 6) is -0.889. The molecule has 6 heteroatoms. The number of carbonyl (C=O) groups excluding carboxylic acids is 1. The van der Waals surface area contributed by atoms with E-state index in [0.29, 0.717) is 5.92 Å². The van der Waals surface area contributed by atoms with Crippen molar-refractivity contribution in [2.24, 2.45) is 5.92 Å². The lowest BCUT2D eigenvalue weighted by Crippen LogP contribution is -2.33. The van der Waals surface area contributed by atoms with Crippen molar-refractivity contribution in [3.05, 3.63) is 47.7 Å². The summed E-state index contributed by atoms with van der Waals surface area (Å²) in [7, 11) is 0. The molecular weight excluding hydrogens is 318 g/mol. The molecule has 1 aromatic carbocycles. The molecule has 1 aliphatic rings. The number of carboxylic acids is 1. The van der Waals surface area contributed by atoms with Gasteiger partial charge in [-0.3, -0.25) is 9.59 Å². The summed E-state index contributed by atoms with van der Waals surface area (Å²) in [5, 5.41) is 20.2. The molecule has 0 saturated carbocycles. The second kappa shape index (κ2) is 9.48. The van der Waals surface area contributed by atoms with Gasteiger partial charge in [0.2, 0.25) is 0 Å². The number of aliphatic carboxylic acids is 1. The number of carboxylic acid groups (broad SMARTS) is 1. The smallest absolute Gasteiger partial charge is 0.305 e. The normalized spacial score (nSPS) is 15.5. The zero-order valence-corrected chi connectivity index (χ0v) is 14.1. The molecule has 1 heterocycles. The van der Waals surface area contributed by atoms with Gasteiger partial charge < -0.3 is 15.3 Å². The van der Waals surface area contributed by atoms with Crippen molar-refractivity contribution in [1.29, 1.82) is 5.26 Å². The van der Waals surface area contributed by atoms with Gasteiger partial charge in [0.15, 0.2) is 0 Å². The van der Waals surface area contributed by atoms with E-state index in [1.165, 1.54) is 5.56 Å². The van der Waals surface area contributed by atoms with E-state index in [-0.39, 0.29) is 18.5 Å². The van der Waals surface area contributed by atoms with Gasteiger partial charge in [0.1, 0.15) is 11.6 Å². The van der Waals surface area contributed by atoms with Crippen LogP contribution in [0.2, 0.25) is 0 Å². The minimum Gasteiger partial charge on any atom is -0.481 e. The third kappa shape index (κ3) is 6.30. The molecule has 0 aliphatic carbocycles. The quantitative estimate of drug-likeness (QED) is 0.584. The zero-order valence-electron chi connectivity index (χ0n) is 14.1. The summed E-state index contributed by atoms with van der Waals surface area (Å²) in [6.07, 6.45) is 4.53. The van der Waals surface area contributed by atoms with E-state index in [0.717, 1.165) is 32.4 Å². The molecule has 0 bridgehead atoms. The van der Waals surface area contributed by atoms with Gasteiger partial charge in [0, 0.05) is 25.8 Å². The molecule has 0 aromatic heterocycles. The number of hydrogen-bond acceptors (Lipinski definition) is 4. The lowest BCUT2D eigenvalue weighted by molar-refractivity contribution is -0.136. The highest BCUT2D eigenvalue weighted by Crippen LogP contribution is 2.22. The van der Waals surface area contributed by atoms with Crippen LogP contribution < -0.4 is 5.32 Å². The molecule has 1 fully saturated rings. The Morgan fingerprint density at radius 2 is 1.96 bits per heavy atom. The van der Waals surface area contributed by atoms with Gasteiger partial charge >= 0.3 is 5.97 Å². The van der Waals surface area contributed by atoms with E-state index < -0.39 is 11.9 Å². The van der Waals surface area contributed by atoms with E-state index in [4.69, 9.17) is 10.4 Å². The average Bonchev–Trinajstić information content (AvgIpc) is 2.61. The minimum atomic E-state index is -0.983. The number of carbonyl (C=O) groups is 2. The Labute approximate surface area is 147 Å². The van der Waals surface area contributed by atoms with Crippen molar-refractivity contribution in [2.45, 2.75) is 25.7 Å². The van der Waals surface area contributed by atoms with E-state index in [1.54, 1.807) is 6.20 Å². The van der Waals surface area contributed by atoms with Crippen LogP contribution in [0, 0.1) is 17.2 Å². The Bertz CT molecular complexity index is 656. The predicted octanol–water partition coefficient (Wildman–Crippen LogP) is 1.94. The van der Waals surface area contributed by atoms with Crippen LogP contribution in [0.1, 0.15) is 24.8 Å². The SMILES string of the molecule is N#C/C(=C/N1CCC(Cc2ccccc2)CC1)C(=O)NCCC(=O)O. The van der Waals surface area contributed by atoms with Gasteiger partial charge in [0.25, 0.3) is 5.91 Å². The lowest BCUT2D eigenvalue weighted by Gasteiger charge is -2.31. The highest BCUT2D eigenvalue weighted by atomic mass is 16.4. The number of nitrogens with zero attached hydrogens (tertiary/aromatic N) is 2. The Morgan fingerprint density at radius 1 is 1.28 bits per heavy atom. The van der Waals surface area contributed by atoms with Crippen LogP contribution >= 0.6 is 0 Å². The molecule has 0 atom stereocenters. The predicted molar refractivity (Wildman–Crippen MR) is 93.4 cm³/mol. The number of nitrogens with one attached hydrogen (secondary N) is 1. The van der Waals surface area contributed by atoms with Crippen molar-refractivity contribution in [3.8, 4) is 6.07 Å². The first-order valence-electron chi connectivity index (χ1n) is 8.48. The van der Waals surface area contributed by atoms with Crippen molar-refractivity contribution < 1.29 is 14.7 Å². The molecule has 0 unspecified atom stereocenters. The van der Waals surface area contributed by atoms with Crippen molar-refractivity contribution in [3.63, 3.8) is 0 Å². The Hall–Kier alpha value is -2.81. The molecule has 2 rings (SSSR count). The molecule has 1 saturated heterocycles. The second-order valence-electron chi connectivity index (χ2n) is 6.22. The molecule has 6 nitrogen and oxygen atoms in total. The standard InChI is InChI=1S/C19H23N3O3/c20-13-17(19(25)21-9-6-18(23)24)14-22-10-7-16(8-11-22)12-15-4-2-1-3-5-15/h1-5,14,16H,6-12H2,(H,21,25)(H,23,24)/b17-14-. The van der Waals surface area contributed by atoms with Crippen LogP contribution in [0.3, 0.4) is 0 Å². The first kappa shape index (κ1) is 18.5. The van der Waals surface area contributed by atoms with Crippen LogP contribution in [0.25, 0.3) is 0 Å². The van der Waals surface area contributed by atoms with Crippen LogP contribution in [-0.2, 0) is 16.0 Å². The molecule has 25 heavy (non-hydrogen) atoms. The van der Waals surface area contributed by atoms with Crippen LogP contribution in [0.4, 0.5) is 0 Å². The van der Waals surface area contributed by atoms with E-state index in [2.05, 4.69) is 29.6 Å². The third-order valence-electron chi connectivity index (χ3n) is 4.32. The molecule has 1 amide bonds. The first-order valence-corrected chi connectivity index (χ1v) is 8.48. The Morgan fingerprint density at radius 3 is 2.56 bits per heavy atom. The first-order chi connectivity index (χ1) is 12.1. The number of rotatable bonds is 7. The van der Waals surface area contributed by atoms with E-state index >= 15 is 0 Å². The van der Waals surface area contributed by atoms with Gasteiger partial charge in [-0.15, -0.1) is 0 Å². The molecular formula is C19H23N3O3. The maximum absolute atomic E-state index is 11.9. The molecule has 132 valence electrons. The summed E-state index contributed by atoms with van der Waals surface area (Å²) in [5.41, 5.74) is 1.36. The zero-order chi connectivity index (χ0) is 18.1. The summed E-state index contributed by atoms with van der Waals surface area (Å²) >= 11 is 0. The van der Waals surface area contributed by atoms with Crippen molar-refractivity contribution in [1.82, 2.24) is 10.2 Å². The lowest BCUT2D eigenvalue weighted by atomic mass is 9.90. The number of piperidine rings is 1. The van der Waals surface area contributed by atoms with Gasteiger partial charge in [-0.05, 0) is 30.7 Å². The third-order valence-corrected chi connectivity index (χ3v) is 4.32. The highest BCUT2D eigenvalue weighted by Gasteiger charge is 2.19. The summed E-state index contributed by atoms with van der Waals surface area (Å²) in [6.45, 7) is 1.64. The fourth-order valence-electron chi connectivity index (χ4n) is 2.93. The van der Waals surface area contributed by atoms with Gasteiger partial charge in [-0.2, -0.15) is 5.26 Å². The van der Waals surface area contributed by atoms with Crippen LogP contribution in [0.15, 0.2) is 42.1 Å². The van der Waals surface area contributed by atoms with E-state index in [9.17, 15) is 9.59 Å². The van der Waals surface area contributed by atoms with E-state index in [1.807, 2.05) is 17.0 Å². The summed E-state index contributed by atoms with van der Waals surface area (Å²) < 4.78 is 0. The molecule has 1 aromatic rings. The van der Waals surface area contributed by atoms with Crippen molar-refractivity contribution >= 4 is 11.9 Å². The van der Waals surface area contributed by atoms with Gasteiger partial charge in [-0.25, -0.2) is 0 Å². The topological polar surface area (TPSA) is 93.4 Å². The van der Waals surface area contributed by atoms with Gasteiger partial charge in [-0.1, -0.05) is 30.3 Å².